The predicted molar refractivity (Wildman–Crippen MR) is 99.5 cm³/mol. The lowest BCUT2D eigenvalue weighted by molar-refractivity contribution is -0.138. The second kappa shape index (κ2) is 8.20. The van der Waals surface area contributed by atoms with E-state index in [1.807, 2.05) is 4.90 Å². The first kappa shape index (κ1) is 20.6. The summed E-state index contributed by atoms with van der Waals surface area (Å²) in [6.45, 7) is 4.67. The summed E-state index contributed by atoms with van der Waals surface area (Å²) in [4.78, 5) is 28.8. The fourth-order valence-corrected chi connectivity index (χ4v) is 4.69. The van der Waals surface area contributed by atoms with Gasteiger partial charge in [0.15, 0.2) is 0 Å². The molecule has 0 saturated carbocycles. The molecule has 1 aromatic rings. The number of pyridine rings is 1. The molecule has 2 atom stereocenters. The van der Waals surface area contributed by atoms with Crippen LogP contribution >= 0.6 is 0 Å². The van der Waals surface area contributed by atoms with Crippen LogP contribution in [-0.2, 0) is 28.8 Å². The quantitative estimate of drug-likeness (QED) is 0.736. The second-order valence-corrected chi connectivity index (χ2v) is 8.34. The zero-order chi connectivity index (χ0) is 20.6. The highest BCUT2D eigenvalue weighted by molar-refractivity contribution is 5.80. The molecule has 3 aliphatic rings. The van der Waals surface area contributed by atoms with Crippen LogP contribution in [0.15, 0.2) is 16.9 Å². The standard InChI is InChI=1S/C20H26F3N3O3/c21-20(22,23)15-8-17-11-24(4-5-26(17)19(28)9-15)12-18(27)7-14-1-3-25(10-14)16-2-6-29-13-16/h8-9,14,16H,1-7,10-13H2. The van der Waals surface area contributed by atoms with Crippen molar-refractivity contribution in [1.29, 1.82) is 0 Å². The maximum absolute atomic E-state index is 13.0. The normalized spacial score (nSPS) is 26.0. The van der Waals surface area contributed by atoms with E-state index in [-0.39, 0.29) is 18.9 Å². The fraction of sp³-hybridized carbons (Fsp3) is 0.700. The number of halogens is 3. The van der Waals surface area contributed by atoms with Gasteiger partial charge in [-0.3, -0.25) is 19.4 Å². The van der Waals surface area contributed by atoms with Gasteiger partial charge in [-0.15, -0.1) is 0 Å². The molecular weight excluding hydrogens is 387 g/mol. The first-order chi connectivity index (χ1) is 13.8. The Morgan fingerprint density at radius 1 is 1.17 bits per heavy atom. The molecule has 0 aromatic carbocycles. The van der Waals surface area contributed by atoms with E-state index in [2.05, 4.69) is 4.90 Å². The van der Waals surface area contributed by atoms with E-state index >= 15 is 0 Å². The summed E-state index contributed by atoms with van der Waals surface area (Å²) in [6, 6.07) is 2.14. The number of hydrogen-bond donors (Lipinski definition) is 0. The molecular formula is C20H26F3N3O3. The van der Waals surface area contributed by atoms with Gasteiger partial charge in [0.2, 0.25) is 0 Å². The number of fused-ring (bicyclic) bond motifs is 1. The Morgan fingerprint density at radius 3 is 2.72 bits per heavy atom. The zero-order valence-electron chi connectivity index (χ0n) is 16.3. The summed E-state index contributed by atoms with van der Waals surface area (Å²) < 4.78 is 45.8. The van der Waals surface area contributed by atoms with Crippen molar-refractivity contribution in [2.45, 2.75) is 44.6 Å². The van der Waals surface area contributed by atoms with Crippen LogP contribution in [0.4, 0.5) is 13.2 Å². The van der Waals surface area contributed by atoms with Crippen molar-refractivity contribution >= 4 is 5.78 Å². The van der Waals surface area contributed by atoms with Gasteiger partial charge in [-0.1, -0.05) is 0 Å². The Balaban J connectivity index is 1.32. The topological polar surface area (TPSA) is 54.8 Å². The minimum atomic E-state index is -4.55. The van der Waals surface area contributed by atoms with Gasteiger partial charge >= 0.3 is 6.18 Å². The Morgan fingerprint density at radius 2 is 2.00 bits per heavy atom. The third-order valence-corrected chi connectivity index (χ3v) is 6.22. The number of aromatic nitrogens is 1. The molecule has 0 N–H and O–H groups in total. The predicted octanol–water partition coefficient (Wildman–Crippen LogP) is 1.75. The lowest BCUT2D eigenvalue weighted by Crippen LogP contribution is -2.42. The summed E-state index contributed by atoms with van der Waals surface area (Å²) in [5, 5.41) is 0. The third kappa shape index (κ3) is 4.73. The third-order valence-electron chi connectivity index (χ3n) is 6.22. The molecule has 0 aliphatic carbocycles. The number of carbonyl (C=O) groups excluding carboxylic acids is 1. The van der Waals surface area contributed by atoms with E-state index in [1.165, 1.54) is 4.57 Å². The molecule has 6 nitrogen and oxygen atoms in total. The molecule has 0 bridgehead atoms. The highest BCUT2D eigenvalue weighted by Gasteiger charge is 2.34. The summed E-state index contributed by atoms with van der Waals surface area (Å²) >= 11 is 0. The van der Waals surface area contributed by atoms with Gasteiger partial charge < -0.3 is 9.30 Å². The first-order valence-electron chi connectivity index (χ1n) is 10.2. The lowest BCUT2D eigenvalue weighted by atomic mass is 10.0. The largest absolute Gasteiger partial charge is 0.416 e. The molecule has 9 heteroatoms. The molecule has 2 saturated heterocycles. The number of likely N-dealkylation sites (tertiary alicyclic amines) is 1. The van der Waals surface area contributed by atoms with Crippen LogP contribution in [0, 0.1) is 5.92 Å². The maximum Gasteiger partial charge on any atom is 0.416 e. The van der Waals surface area contributed by atoms with Crippen LogP contribution in [0.1, 0.15) is 30.5 Å². The lowest BCUT2D eigenvalue weighted by Gasteiger charge is -2.30. The monoisotopic (exact) mass is 413 g/mol. The smallest absolute Gasteiger partial charge is 0.380 e. The van der Waals surface area contributed by atoms with Crippen LogP contribution in [-0.4, -0.2) is 65.6 Å². The molecule has 1 aromatic heterocycles. The Kier molecular flexibility index (Phi) is 5.81. The van der Waals surface area contributed by atoms with Crippen molar-refractivity contribution in [3.8, 4) is 0 Å². The maximum atomic E-state index is 13.0. The van der Waals surface area contributed by atoms with Crippen molar-refractivity contribution < 1.29 is 22.7 Å². The number of ketones is 1. The van der Waals surface area contributed by atoms with Crippen LogP contribution < -0.4 is 5.56 Å². The van der Waals surface area contributed by atoms with Gasteiger partial charge in [-0.2, -0.15) is 13.2 Å². The van der Waals surface area contributed by atoms with Gasteiger partial charge in [0.05, 0.1) is 18.7 Å². The van der Waals surface area contributed by atoms with Crippen molar-refractivity contribution in [1.82, 2.24) is 14.4 Å². The second-order valence-electron chi connectivity index (χ2n) is 8.34. The number of rotatable bonds is 5. The van der Waals surface area contributed by atoms with Crippen LogP contribution in [0.3, 0.4) is 0 Å². The zero-order valence-corrected chi connectivity index (χ0v) is 16.3. The Labute approximate surface area is 167 Å². The molecule has 0 spiro atoms. The highest BCUT2D eigenvalue weighted by Crippen LogP contribution is 2.29. The minimum Gasteiger partial charge on any atom is -0.380 e. The summed E-state index contributed by atoms with van der Waals surface area (Å²) in [6.07, 6.45) is -2.01. The number of alkyl halides is 3. The average molecular weight is 413 g/mol. The SMILES string of the molecule is O=C(CC1CCN(C2CCOC2)C1)CN1CCn2c(cc(C(F)(F)F)cc2=O)C1. The first-order valence-corrected chi connectivity index (χ1v) is 10.2. The van der Waals surface area contributed by atoms with Crippen LogP contribution in [0.25, 0.3) is 0 Å². The van der Waals surface area contributed by atoms with Gasteiger partial charge in [0, 0.05) is 57.0 Å². The van der Waals surface area contributed by atoms with E-state index in [0.717, 1.165) is 45.2 Å². The van der Waals surface area contributed by atoms with Crippen molar-refractivity contribution in [3.05, 3.63) is 33.7 Å². The van der Waals surface area contributed by atoms with Crippen LogP contribution in [0.5, 0.6) is 0 Å². The molecule has 2 unspecified atom stereocenters. The molecule has 0 amide bonds. The van der Waals surface area contributed by atoms with Crippen molar-refractivity contribution in [3.63, 3.8) is 0 Å². The van der Waals surface area contributed by atoms with E-state index < -0.39 is 17.3 Å². The number of carbonyl (C=O) groups is 1. The van der Waals surface area contributed by atoms with E-state index in [0.29, 0.717) is 43.2 Å². The number of nitrogens with zero attached hydrogens (tertiary/aromatic N) is 3. The molecule has 3 aliphatic heterocycles. The number of hydrogen-bond acceptors (Lipinski definition) is 5. The van der Waals surface area contributed by atoms with Crippen molar-refractivity contribution in [2.24, 2.45) is 5.92 Å². The Hall–Kier alpha value is -1.71. The Bertz CT molecular complexity index is 817. The van der Waals surface area contributed by atoms with Crippen molar-refractivity contribution in [2.75, 3.05) is 39.4 Å². The summed E-state index contributed by atoms with van der Waals surface area (Å²) in [7, 11) is 0. The van der Waals surface area contributed by atoms with Gasteiger partial charge in [0.25, 0.3) is 5.56 Å². The van der Waals surface area contributed by atoms with Gasteiger partial charge in [-0.05, 0) is 31.4 Å². The molecule has 4 heterocycles. The molecule has 2 fully saturated rings. The van der Waals surface area contributed by atoms with E-state index in [9.17, 15) is 22.8 Å². The molecule has 4 rings (SSSR count). The molecule has 160 valence electrons. The molecule has 29 heavy (non-hydrogen) atoms. The van der Waals surface area contributed by atoms with E-state index in [4.69, 9.17) is 4.74 Å². The fourth-order valence-electron chi connectivity index (χ4n) is 4.69. The van der Waals surface area contributed by atoms with Gasteiger partial charge in [0.1, 0.15) is 5.78 Å². The van der Waals surface area contributed by atoms with E-state index in [1.54, 1.807) is 0 Å². The summed E-state index contributed by atoms with van der Waals surface area (Å²) in [5.41, 5.74) is -1.25. The molecule has 0 radical (unpaired) electrons. The van der Waals surface area contributed by atoms with Crippen LogP contribution in [0.2, 0.25) is 0 Å². The highest BCUT2D eigenvalue weighted by atomic mass is 19.4. The average Bonchev–Trinajstić information content (AvgIpc) is 3.32. The minimum absolute atomic E-state index is 0.113. The number of ether oxygens (including phenoxy) is 1. The number of Topliss-reactive ketones (excluding diaryl/α,β-unsaturated/α-hetero) is 1. The summed E-state index contributed by atoms with van der Waals surface area (Å²) in [5.74, 6) is 0.446. The van der Waals surface area contributed by atoms with Gasteiger partial charge in [-0.25, -0.2) is 0 Å².